The maximum Gasteiger partial charge on any atom is 0.0923 e. The fourth-order valence-electron chi connectivity index (χ4n) is 1.56. The molecular formula is C11H14N2O. The maximum atomic E-state index is 9.19. The molecule has 1 aromatic carbocycles. The van der Waals surface area contributed by atoms with Gasteiger partial charge in [0.2, 0.25) is 0 Å². The van der Waals surface area contributed by atoms with E-state index < -0.39 is 0 Å². The third-order valence-electron chi connectivity index (χ3n) is 2.35. The molecule has 0 amide bonds. The van der Waals surface area contributed by atoms with Crippen molar-refractivity contribution in [3.63, 3.8) is 0 Å². The molecule has 74 valence electrons. The molecule has 1 aromatic heterocycles. The minimum atomic E-state index is -0.253. The van der Waals surface area contributed by atoms with Crippen LogP contribution in [0.25, 0.3) is 10.9 Å². The van der Waals surface area contributed by atoms with E-state index in [0.717, 1.165) is 29.4 Å². The van der Waals surface area contributed by atoms with E-state index in [1.165, 1.54) is 0 Å². The number of hydrogen-bond donors (Lipinski definition) is 2. The zero-order chi connectivity index (χ0) is 9.97. The monoisotopic (exact) mass is 190 g/mol. The molecule has 0 saturated heterocycles. The Labute approximate surface area is 82.8 Å². The minimum Gasteiger partial charge on any atom is -0.393 e. The Hall–Kier alpha value is -1.35. The number of rotatable bonds is 3. The van der Waals surface area contributed by atoms with E-state index in [4.69, 9.17) is 0 Å². The molecule has 0 fully saturated rings. The molecule has 0 spiro atoms. The van der Waals surface area contributed by atoms with Crippen LogP contribution in [0.4, 0.5) is 0 Å². The number of nitrogens with zero attached hydrogens (tertiary/aromatic N) is 1. The van der Waals surface area contributed by atoms with Gasteiger partial charge in [-0.05, 0) is 25.8 Å². The van der Waals surface area contributed by atoms with E-state index in [1.54, 1.807) is 6.92 Å². The number of fused-ring (bicyclic) bond motifs is 1. The van der Waals surface area contributed by atoms with Crippen molar-refractivity contribution in [3.8, 4) is 0 Å². The number of nitrogens with one attached hydrogen (secondary N) is 1. The highest BCUT2D eigenvalue weighted by Gasteiger charge is 2.05. The number of aryl methyl sites for hydroxylation is 1. The molecule has 1 heterocycles. The highest BCUT2D eigenvalue weighted by molar-refractivity contribution is 5.81. The van der Waals surface area contributed by atoms with Crippen LogP contribution in [0.1, 0.15) is 19.0 Å². The Balaban J connectivity index is 2.25. The van der Waals surface area contributed by atoms with Crippen LogP contribution in [0, 0.1) is 0 Å². The Morgan fingerprint density at radius 2 is 2.21 bits per heavy atom. The molecule has 2 aromatic rings. The van der Waals surface area contributed by atoms with Gasteiger partial charge in [0.15, 0.2) is 0 Å². The standard InChI is InChI=1S/C11H14N2O/c1-8(14)6-7-11-9-4-2-3-5-10(9)12-13-11/h2-5,8,14H,6-7H2,1H3,(H,12,13)/t8-/m0/s1. The molecule has 0 radical (unpaired) electrons. The summed E-state index contributed by atoms with van der Waals surface area (Å²) < 4.78 is 0. The minimum absolute atomic E-state index is 0.253. The van der Waals surface area contributed by atoms with Crippen LogP contribution in [-0.4, -0.2) is 21.4 Å². The van der Waals surface area contributed by atoms with Crippen molar-refractivity contribution in [2.24, 2.45) is 0 Å². The van der Waals surface area contributed by atoms with Gasteiger partial charge in [-0.25, -0.2) is 0 Å². The molecule has 0 saturated carbocycles. The van der Waals surface area contributed by atoms with Gasteiger partial charge in [0.05, 0.1) is 11.6 Å². The number of H-pyrrole nitrogens is 1. The molecule has 0 unspecified atom stereocenters. The predicted molar refractivity (Wildman–Crippen MR) is 56.1 cm³/mol. The zero-order valence-electron chi connectivity index (χ0n) is 8.20. The summed E-state index contributed by atoms with van der Waals surface area (Å²) in [5.41, 5.74) is 2.11. The quantitative estimate of drug-likeness (QED) is 0.776. The first kappa shape index (κ1) is 9.21. The van der Waals surface area contributed by atoms with Crippen molar-refractivity contribution in [1.82, 2.24) is 10.2 Å². The second kappa shape index (κ2) is 3.80. The SMILES string of the molecule is C[C@H](O)CCc1[nH]nc2ccccc12. The van der Waals surface area contributed by atoms with E-state index in [0.29, 0.717) is 0 Å². The zero-order valence-corrected chi connectivity index (χ0v) is 8.20. The summed E-state index contributed by atoms with van der Waals surface area (Å²) in [4.78, 5) is 0. The summed E-state index contributed by atoms with van der Waals surface area (Å²) in [5, 5.41) is 17.5. The molecule has 2 rings (SSSR count). The number of para-hydroxylation sites is 1. The van der Waals surface area contributed by atoms with Gasteiger partial charge in [-0.3, -0.25) is 5.10 Å². The normalized spacial score (nSPS) is 13.3. The molecular weight excluding hydrogens is 176 g/mol. The van der Waals surface area contributed by atoms with Crippen molar-refractivity contribution >= 4 is 10.9 Å². The van der Waals surface area contributed by atoms with Crippen molar-refractivity contribution in [1.29, 1.82) is 0 Å². The molecule has 1 atom stereocenters. The first-order valence-corrected chi connectivity index (χ1v) is 4.87. The summed E-state index contributed by atoms with van der Waals surface area (Å²) in [6.07, 6.45) is 1.36. The van der Waals surface area contributed by atoms with Crippen molar-refractivity contribution in [3.05, 3.63) is 30.0 Å². The highest BCUT2D eigenvalue weighted by atomic mass is 16.3. The van der Waals surface area contributed by atoms with Crippen LogP contribution < -0.4 is 0 Å². The third-order valence-corrected chi connectivity index (χ3v) is 2.35. The predicted octanol–water partition coefficient (Wildman–Crippen LogP) is 1.88. The molecule has 3 nitrogen and oxygen atoms in total. The van der Waals surface area contributed by atoms with E-state index in [1.807, 2.05) is 18.2 Å². The molecule has 2 N–H and O–H groups in total. The molecule has 0 aliphatic heterocycles. The number of benzene rings is 1. The fraction of sp³-hybridized carbons (Fsp3) is 0.364. The van der Waals surface area contributed by atoms with Crippen LogP contribution in [-0.2, 0) is 6.42 Å². The number of aromatic nitrogens is 2. The van der Waals surface area contributed by atoms with Crippen LogP contribution in [0.3, 0.4) is 0 Å². The van der Waals surface area contributed by atoms with Gasteiger partial charge in [-0.2, -0.15) is 5.10 Å². The number of aliphatic hydroxyl groups is 1. The lowest BCUT2D eigenvalue weighted by molar-refractivity contribution is 0.184. The van der Waals surface area contributed by atoms with Crippen LogP contribution >= 0.6 is 0 Å². The molecule has 0 aliphatic carbocycles. The second-order valence-electron chi connectivity index (χ2n) is 3.61. The smallest absolute Gasteiger partial charge is 0.0923 e. The largest absolute Gasteiger partial charge is 0.393 e. The van der Waals surface area contributed by atoms with E-state index in [2.05, 4.69) is 16.3 Å². The van der Waals surface area contributed by atoms with Gasteiger partial charge in [0.1, 0.15) is 0 Å². The molecule has 3 heteroatoms. The highest BCUT2D eigenvalue weighted by Crippen LogP contribution is 2.16. The first-order chi connectivity index (χ1) is 6.77. The molecule has 14 heavy (non-hydrogen) atoms. The molecule has 0 aliphatic rings. The van der Waals surface area contributed by atoms with Gasteiger partial charge in [0, 0.05) is 11.1 Å². The average molecular weight is 190 g/mol. The van der Waals surface area contributed by atoms with E-state index in [-0.39, 0.29) is 6.10 Å². The van der Waals surface area contributed by atoms with Crippen LogP contribution in [0.5, 0.6) is 0 Å². The van der Waals surface area contributed by atoms with E-state index in [9.17, 15) is 5.11 Å². The van der Waals surface area contributed by atoms with Crippen molar-refractivity contribution < 1.29 is 5.11 Å². The first-order valence-electron chi connectivity index (χ1n) is 4.87. The van der Waals surface area contributed by atoms with Crippen molar-refractivity contribution in [2.75, 3.05) is 0 Å². The van der Waals surface area contributed by atoms with Crippen molar-refractivity contribution in [2.45, 2.75) is 25.9 Å². The van der Waals surface area contributed by atoms with Gasteiger partial charge in [-0.15, -0.1) is 0 Å². The van der Waals surface area contributed by atoms with Gasteiger partial charge in [-0.1, -0.05) is 18.2 Å². The van der Waals surface area contributed by atoms with Crippen LogP contribution in [0.2, 0.25) is 0 Å². The number of aliphatic hydroxyl groups excluding tert-OH is 1. The Morgan fingerprint density at radius 1 is 1.43 bits per heavy atom. The summed E-state index contributed by atoms with van der Waals surface area (Å²) in [6, 6.07) is 8.01. The summed E-state index contributed by atoms with van der Waals surface area (Å²) in [7, 11) is 0. The summed E-state index contributed by atoms with van der Waals surface area (Å²) >= 11 is 0. The Bertz CT molecular complexity index is 420. The summed E-state index contributed by atoms with van der Waals surface area (Å²) in [6.45, 7) is 1.80. The number of hydrogen-bond acceptors (Lipinski definition) is 2. The topological polar surface area (TPSA) is 48.9 Å². The van der Waals surface area contributed by atoms with Crippen LogP contribution in [0.15, 0.2) is 24.3 Å². The lowest BCUT2D eigenvalue weighted by Crippen LogP contribution is -2.01. The fourth-order valence-corrected chi connectivity index (χ4v) is 1.56. The van der Waals surface area contributed by atoms with Gasteiger partial charge >= 0.3 is 0 Å². The lowest BCUT2D eigenvalue weighted by Gasteiger charge is -2.01. The third kappa shape index (κ3) is 1.77. The maximum absolute atomic E-state index is 9.19. The second-order valence-corrected chi connectivity index (χ2v) is 3.61. The molecule has 0 bridgehead atoms. The summed E-state index contributed by atoms with van der Waals surface area (Å²) in [5.74, 6) is 0. The average Bonchev–Trinajstić information content (AvgIpc) is 2.58. The van der Waals surface area contributed by atoms with E-state index >= 15 is 0 Å². The number of aromatic amines is 1. The Kier molecular flexibility index (Phi) is 2.50. The Morgan fingerprint density at radius 3 is 3.00 bits per heavy atom. The lowest BCUT2D eigenvalue weighted by atomic mass is 10.1. The van der Waals surface area contributed by atoms with Gasteiger partial charge < -0.3 is 5.11 Å². The van der Waals surface area contributed by atoms with Gasteiger partial charge in [0.25, 0.3) is 0 Å².